The van der Waals surface area contributed by atoms with Crippen LogP contribution in [0.25, 0.3) is 0 Å². The quantitative estimate of drug-likeness (QED) is 0.514. The summed E-state index contributed by atoms with van der Waals surface area (Å²) >= 11 is 0. The highest BCUT2D eigenvalue weighted by Crippen LogP contribution is 2.16. The van der Waals surface area contributed by atoms with Crippen molar-refractivity contribution in [3.05, 3.63) is 23.8 Å². The molecule has 0 fully saturated rings. The first-order valence-corrected chi connectivity index (χ1v) is 6.76. The summed E-state index contributed by atoms with van der Waals surface area (Å²) < 4.78 is 0. The third kappa shape index (κ3) is 2.18. The van der Waals surface area contributed by atoms with Crippen LogP contribution in [0.15, 0.2) is 23.8 Å². The summed E-state index contributed by atoms with van der Waals surface area (Å²) in [4.78, 5) is 0. The van der Waals surface area contributed by atoms with E-state index < -0.39 is 0 Å². The van der Waals surface area contributed by atoms with Crippen LogP contribution < -0.4 is 0 Å². The van der Waals surface area contributed by atoms with E-state index in [9.17, 15) is 0 Å². The summed E-state index contributed by atoms with van der Waals surface area (Å²) in [6.45, 7) is 4.80. The van der Waals surface area contributed by atoms with Crippen LogP contribution >= 0.6 is 0 Å². The highest BCUT2D eigenvalue weighted by atomic mass is 28.3. The molecule has 0 aromatic heterocycles. The molecule has 0 amide bonds. The molecule has 0 bridgehead atoms. The molecule has 0 saturated carbocycles. The number of hydrogen-bond donors (Lipinski definition) is 0. The summed E-state index contributed by atoms with van der Waals surface area (Å²) in [5.74, 6) is 0. The molecule has 0 aromatic rings. The van der Waals surface area contributed by atoms with Crippen molar-refractivity contribution in [2.24, 2.45) is 0 Å². The van der Waals surface area contributed by atoms with E-state index in [2.05, 4.69) is 31.3 Å². The maximum absolute atomic E-state index is 2.40. The smallest absolute Gasteiger partial charge is 0.0348 e. The lowest BCUT2D eigenvalue weighted by molar-refractivity contribution is 1.23. The van der Waals surface area contributed by atoms with E-state index in [1.807, 2.05) is 0 Å². The minimum Gasteiger partial charge on any atom is -0.0805 e. The number of hydrogen-bond acceptors (Lipinski definition) is 0. The summed E-state index contributed by atoms with van der Waals surface area (Å²) in [6.07, 6.45) is 7.91. The molecule has 50 valence electrons. The Hall–Kier alpha value is -0.303. The van der Waals surface area contributed by atoms with E-state index >= 15 is 0 Å². The van der Waals surface area contributed by atoms with Gasteiger partial charge in [-0.1, -0.05) is 36.9 Å². The molecule has 0 saturated heterocycles. The number of rotatable bonds is 2. The molecule has 1 heteroatoms. The summed E-state index contributed by atoms with van der Waals surface area (Å²) in [5.41, 5.74) is 1.65. The zero-order chi connectivity index (χ0) is 6.69. The van der Waals surface area contributed by atoms with Crippen molar-refractivity contribution in [2.45, 2.75) is 25.6 Å². The van der Waals surface area contributed by atoms with Gasteiger partial charge < -0.3 is 0 Å². The van der Waals surface area contributed by atoms with Crippen molar-refractivity contribution < 1.29 is 0 Å². The second kappa shape index (κ2) is 3.02. The third-order valence-electron chi connectivity index (χ3n) is 1.52. The summed E-state index contributed by atoms with van der Waals surface area (Å²) in [6, 6.07) is 1.41. The molecule has 0 unspecified atom stereocenters. The lowest BCUT2D eigenvalue weighted by Crippen LogP contribution is -1.99. The van der Waals surface area contributed by atoms with Gasteiger partial charge in [0.15, 0.2) is 0 Å². The van der Waals surface area contributed by atoms with Gasteiger partial charge in [-0.2, -0.15) is 0 Å². The summed E-state index contributed by atoms with van der Waals surface area (Å²) in [7, 11) is -0.332. The lowest BCUT2D eigenvalue weighted by atomic mass is 10.3. The number of allylic oxidation sites excluding steroid dienone is 4. The van der Waals surface area contributed by atoms with Crippen molar-refractivity contribution in [3.63, 3.8) is 0 Å². The SMILES string of the molecule is C[SiH](C)CC1=CC=CC1. The highest BCUT2D eigenvalue weighted by Gasteiger charge is 2.01. The Kier molecular flexibility index (Phi) is 2.28. The molecule has 0 aromatic carbocycles. The van der Waals surface area contributed by atoms with Crippen LogP contribution in [-0.2, 0) is 0 Å². The van der Waals surface area contributed by atoms with Gasteiger partial charge in [-0.15, -0.1) is 0 Å². The molecular formula is C8H14Si. The van der Waals surface area contributed by atoms with Gasteiger partial charge in [-0.3, -0.25) is 0 Å². The van der Waals surface area contributed by atoms with Crippen LogP contribution in [0.1, 0.15) is 6.42 Å². The fourth-order valence-electron chi connectivity index (χ4n) is 1.17. The second-order valence-electron chi connectivity index (χ2n) is 3.06. The average molecular weight is 138 g/mol. The highest BCUT2D eigenvalue weighted by molar-refractivity contribution is 6.56. The van der Waals surface area contributed by atoms with Gasteiger partial charge in [0.1, 0.15) is 0 Å². The molecule has 0 N–H and O–H groups in total. The molecule has 0 aliphatic heterocycles. The molecule has 0 atom stereocenters. The minimum absolute atomic E-state index is 0.332. The fraction of sp³-hybridized carbons (Fsp3) is 0.500. The van der Waals surface area contributed by atoms with Crippen molar-refractivity contribution in [2.75, 3.05) is 0 Å². The molecule has 0 nitrogen and oxygen atoms in total. The van der Waals surface area contributed by atoms with Crippen molar-refractivity contribution in [1.82, 2.24) is 0 Å². The molecule has 0 heterocycles. The van der Waals surface area contributed by atoms with Crippen LogP contribution in [0.3, 0.4) is 0 Å². The molecule has 9 heavy (non-hydrogen) atoms. The van der Waals surface area contributed by atoms with E-state index in [1.165, 1.54) is 12.5 Å². The molecule has 1 rings (SSSR count). The van der Waals surface area contributed by atoms with Crippen molar-refractivity contribution in [3.8, 4) is 0 Å². The van der Waals surface area contributed by atoms with E-state index in [-0.39, 0.29) is 8.80 Å². The third-order valence-corrected chi connectivity index (χ3v) is 2.86. The monoisotopic (exact) mass is 138 g/mol. The topological polar surface area (TPSA) is 0 Å². The minimum atomic E-state index is -0.332. The maximum Gasteiger partial charge on any atom is 0.0348 e. The first kappa shape index (κ1) is 6.81. The average Bonchev–Trinajstić information content (AvgIpc) is 2.15. The predicted octanol–water partition coefficient (Wildman–Crippen LogP) is 2.36. The standard InChI is InChI=1S/C8H14Si/c1-9(2)7-8-5-3-4-6-8/h3-5,9H,6-7H2,1-2H3. The van der Waals surface area contributed by atoms with Gasteiger partial charge in [0.25, 0.3) is 0 Å². The Balaban J connectivity index is 2.30. The normalized spacial score (nSPS) is 17.0. The zero-order valence-electron chi connectivity index (χ0n) is 6.22. The molecular weight excluding hydrogens is 124 g/mol. The van der Waals surface area contributed by atoms with E-state index in [4.69, 9.17) is 0 Å². The van der Waals surface area contributed by atoms with E-state index in [0.29, 0.717) is 0 Å². The van der Waals surface area contributed by atoms with Crippen molar-refractivity contribution >= 4 is 8.80 Å². The molecule has 0 radical (unpaired) electrons. The Morgan fingerprint density at radius 3 is 2.78 bits per heavy atom. The van der Waals surface area contributed by atoms with Crippen LogP contribution in [0.5, 0.6) is 0 Å². The van der Waals surface area contributed by atoms with E-state index in [1.54, 1.807) is 5.57 Å². The Morgan fingerprint density at radius 1 is 1.56 bits per heavy atom. The van der Waals surface area contributed by atoms with Crippen LogP contribution in [0.2, 0.25) is 19.1 Å². The van der Waals surface area contributed by atoms with Gasteiger partial charge in [0.05, 0.1) is 0 Å². The van der Waals surface area contributed by atoms with Gasteiger partial charge >= 0.3 is 0 Å². The largest absolute Gasteiger partial charge is 0.0805 e. The van der Waals surface area contributed by atoms with Gasteiger partial charge in [0.2, 0.25) is 0 Å². The Labute approximate surface area is 58.9 Å². The van der Waals surface area contributed by atoms with Gasteiger partial charge in [-0.05, 0) is 12.5 Å². The molecule has 1 aliphatic rings. The second-order valence-corrected chi connectivity index (χ2v) is 6.25. The zero-order valence-corrected chi connectivity index (χ0v) is 7.38. The Morgan fingerprint density at radius 2 is 2.33 bits per heavy atom. The fourth-order valence-corrected chi connectivity index (χ4v) is 2.52. The lowest BCUT2D eigenvalue weighted by Gasteiger charge is -2.01. The van der Waals surface area contributed by atoms with Gasteiger partial charge in [-0.25, -0.2) is 0 Å². The predicted molar refractivity (Wildman–Crippen MR) is 45.5 cm³/mol. The molecule has 0 spiro atoms. The van der Waals surface area contributed by atoms with Crippen LogP contribution in [-0.4, -0.2) is 8.80 Å². The molecule has 1 aliphatic carbocycles. The van der Waals surface area contributed by atoms with Crippen molar-refractivity contribution in [1.29, 1.82) is 0 Å². The van der Waals surface area contributed by atoms with E-state index in [0.717, 1.165) is 0 Å². The summed E-state index contributed by atoms with van der Waals surface area (Å²) in [5, 5.41) is 0. The first-order chi connectivity index (χ1) is 4.29. The Bertz CT molecular complexity index is 143. The van der Waals surface area contributed by atoms with Gasteiger partial charge in [0, 0.05) is 8.80 Å². The van der Waals surface area contributed by atoms with Crippen LogP contribution in [0, 0.1) is 0 Å². The maximum atomic E-state index is 2.40. The van der Waals surface area contributed by atoms with Crippen LogP contribution in [0.4, 0.5) is 0 Å². The first-order valence-electron chi connectivity index (χ1n) is 3.63.